The first kappa shape index (κ1) is 18.4. The summed E-state index contributed by atoms with van der Waals surface area (Å²) in [6.45, 7) is 1.96. The molecule has 3 N–H and O–H groups in total. The van der Waals surface area contributed by atoms with E-state index in [1.807, 2.05) is 31.2 Å². The molecule has 0 saturated heterocycles. The van der Waals surface area contributed by atoms with E-state index in [1.54, 1.807) is 31.4 Å². The lowest BCUT2D eigenvalue weighted by molar-refractivity contribution is -0.118. The molecule has 1 atom stereocenters. The van der Waals surface area contributed by atoms with Crippen molar-refractivity contribution in [2.24, 2.45) is 0 Å². The maximum Gasteiger partial charge on any atom is 0.251 e. The fourth-order valence-corrected chi connectivity index (χ4v) is 2.76. The Morgan fingerprint density at radius 2 is 1.89 bits per heavy atom. The first-order chi connectivity index (χ1) is 13.1. The topological polar surface area (TPSA) is 96.1 Å². The van der Waals surface area contributed by atoms with Gasteiger partial charge in [-0.3, -0.25) is 14.9 Å². The van der Waals surface area contributed by atoms with Crippen LogP contribution in [0.25, 0.3) is 11.0 Å². The number of carbonyl (C=O) groups is 2. The van der Waals surface area contributed by atoms with Crippen LogP contribution in [0.15, 0.2) is 48.5 Å². The van der Waals surface area contributed by atoms with Gasteiger partial charge in [-0.1, -0.05) is 25.5 Å². The van der Waals surface area contributed by atoms with Crippen LogP contribution >= 0.6 is 0 Å². The Bertz CT molecular complexity index is 901. The number of ether oxygens (including phenoxy) is 1. The lowest BCUT2D eigenvalue weighted by Gasteiger charge is -2.17. The largest absolute Gasteiger partial charge is 0.497 e. The number of methoxy groups -OCH3 is 1. The van der Waals surface area contributed by atoms with Crippen LogP contribution in [-0.4, -0.2) is 34.9 Å². The number of nitrogens with zero attached hydrogens (tertiary/aromatic N) is 1. The number of anilines is 1. The fourth-order valence-electron chi connectivity index (χ4n) is 2.76. The zero-order chi connectivity index (χ0) is 19.2. The summed E-state index contributed by atoms with van der Waals surface area (Å²) in [6, 6.07) is 13.6. The summed E-state index contributed by atoms with van der Waals surface area (Å²) in [7, 11) is 1.56. The number of aromatic nitrogens is 2. The smallest absolute Gasteiger partial charge is 0.251 e. The number of benzene rings is 2. The zero-order valence-electron chi connectivity index (χ0n) is 15.3. The van der Waals surface area contributed by atoms with Gasteiger partial charge in [-0.25, -0.2) is 4.98 Å². The van der Waals surface area contributed by atoms with Crippen molar-refractivity contribution in [2.75, 3.05) is 12.4 Å². The molecular weight excluding hydrogens is 344 g/mol. The molecule has 140 valence electrons. The van der Waals surface area contributed by atoms with E-state index < -0.39 is 6.04 Å². The molecule has 2 aromatic carbocycles. The lowest BCUT2D eigenvalue weighted by Crippen LogP contribution is -2.43. The Labute approximate surface area is 157 Å². The van der Waals surface area contributed by atoms with Crippen LogP contribution in [0.2, 0.25) is 0 Å². The number of para-hydroxylation sites is 2. The second-order valence-electron chi connectivity index (χ2n) is 6.14. The van der Waals surface area contributed by atoms with Gasteiger partial charge >= 0.3 is 0 Å². The van der Waals surface area contributed by atoms with Gasteiger partial charge in [0.05, 0.1) is 18.1 Å². The van der Waals surface area contributed by atoms with E-state index in [9.17, 15) is 9.59 Å². The molecule has 1 aromatic heterocycles. The second kappa shape index (κ2) is 8.35. The minimum Gasteiger partial charge on any atom is -0.497 e. The van der Waals surface area contributed by atoms with Crippen molar-refractivity contribution in [1.82, 2.24) is 15.3 Å². The number of H-pyrrole nitrogens is 1. The molecule has 0 fully saturated rings. The molecule has 2 amide bonds. The molecule has 1 heterocycles. The van der Waals surface area contributed by atoms with Gasteiger partial charge < -0.3 is 15.0 Å². The third-order valence-electron chi connectivity index (χ3n) is 4.18. The summed E-state index contributed by atoms with van der Waals surface area (Å²) in [5.74, 6) is 0.411. The van der Waals surface area contributed by atoms with Crippen LogP contribution in [0.4, 0.5) is 5.95 Å². The van der Waals surface area contributed by atoms with Crippen molar-refractivity contribution < 1.29 is 14.3 Å². The van der Waals surface area contributed by atoms with Crippen molar-refractivity contribution in [3.8, 4) is 5.75 Å². The summed E-state index contributed by atoms with van der Waals surface area (Å²) in [5.41, 5.74) is 2.07. The van der Waals surface area contributed by atoms with Gasteiger partial charge in [-0.15, -0.1) is 0 Å². The number of hydrogen-bond donors (Lipinski definition) is 3. The van der Waals surface area contributed by atoms with Gasteiger partial charge in [0.1, 0.15) is 11.8 Å². The van der Waals surface area contributed by atoms with Gasteiger partial charge in [0.2, 0.25) is 11.9 Å². The van der Waals surface area contributed by atoms with Gasteiger partial charge in [-0.2, -0.15) is 0 Å². The molecular formula is C20H22N4O3. The van der Waals surface area contributed by atoms with Crippen molar-refractivity contribution in [2.45, 2.75) is 25.8 Å². The molecule has 0 unspecified atom stereocenters. The Hall–Kier alpha value is -3.35. The first-order valence-corrected chi connectivity index (χ1v) is 8.81. The zero-order valence-corrected chi connectivity index (χ0v) is 15.3. The highest BCUT2D eigenvalue weighted by molar-refractivity contribution is 6.01. The molecule has 3 rings (SSSR count). The molecule has 0 radical (unpaired) electrons. The Morgan fingerprint density at radius 3 is 2.56 bits per heavy atom. The van der Waals surface area contributed by atoms with Crippen molar-refractivity contribution in [3.63, 3.8) is 0 Å². The highest BCUT2D eigenvalue weighted by Gasteiger charge is 2.21. The summed E-state index contributed by atoms with van der Waals surface area (Å²) in [4.78, 5) is 32.5. The molecule has 0 aliphatic heterocycles. The van der Waals surface area contributed by atoms with Gasteiger partial charge in [0.15, 0.2) is 0 Å². The standard InChI is InChI=1S/C20H22N4O3/c1-3-6-17(21-18(25)13-9-11-14(27-2)12-10-13)19(26)24-20-22-15-7-4-5-8-16(15)23-20/h4-5,7-12,17H,3,6H2,1-2H3,(H,21,25)(H2,22,23,24,26)/t17-/m0/s1. The van der Waals surface area contributed by atoms with E-state index in [1.165, 1.54) is 0 Å². The summed E-state index contributed by atoms with van der Waals surface area (Å²) in [5, 5.41) is 5.54. The molecule has 0 aliphatic carbocycles. The first-order valence-electron chi connectivity index (χ1n) is 8.81. The summed E-state index contributed by atoms with van der Waals surface area (Å²) < 4.78 is 5.09. The Morgan fingerprint density at radius 1 is 1.15 bits per heavy atom. The number of hydrogen-bond acceptors (Lipinski definition) is 4. The third kappa shape index (κ3) is 4.44. The van der Waals surface area contributed by atoms with Crippen molar-refractivity contribution >= 4 is 28.8 Å². The highest BCUT2D eigenvalue weighted by Crippen LogP contribution is 2.15. The number of carbonyl (C=O) groups excluding carboxylic acids is 2. The van der Waals surface area contributed by atoms with E-state index in [2.05, 4.69) is 20.6 Å². The number of rotatable bonds is 7. The summed E-state index contributed by atoms with van der Waals surface area (Å²) >= 11 is 0. The second-order valence-corrected chi connectivity index (χ2v) is 6.14. The van der Waals surface area contributed by atoms with Gasteiger partial charge in [-0.05, 0) is 42.8 Å². The minimum absolute atomic E-state index is 0.308. The van der Waals surface area contributed by atoms with Crippen LogP contribution in [0.1, 0.15) is 30.1 Å². The SMILES string of the molecule is CCC[C@H](NC(=O)c1ccc(OC)cc1)C(=O)Nc1nc2ccccc2[nH]1. The molecule has 3 aromatic rings. The molecule has 0 bridgehead atoms. The van der Waals surface area contributed by atoms with Crippen LogP contribution < -0.4 is 15.4 Å². The van der Waals surface area contributed by atoms with E-state index in [0.717, 1.165) is 17.5 Å². The normalized spacial score (nSPS) is 11.8. The Balaban J connectivity index is 1.69. The maximum absolute atomic E-state index is 12.6. The van der Waals surface area contributed by atoms with Crippen LogP contribution in [0.5, 0.6) is 5.75 Å². The van der Waals surface area contributed by atoms with E-state index >= 15 is 0 Å². The highest BCUT2D eigenvalue weighted by atomic mass is 16.5. The number of fused-ring (bicyclic) bond motifs is 1. The predicted molar refractivity (Wildman–Crippen MR) is 104 cm³/mol. The van der Waals surface area contributed by atoms with E-state index in [-0.39, 0.29) is 11.8 Å². The van der Waals surface area contributed by atoms with Crippen LogP contribution in [-0.2, 0) is 4.79 Å². The summed E-state index contributed by atoms with van der Waals surface area (Å²) in [6.07, 6.45) is 1.27. The average Bonchev–Trinajstić information content (AvgIpc) is 3.09. The minimum atomic E-state index is -0.655. The van der Waals surface area contributed by atoms with Crippen LogP contribution in [0, 0.1) is 0 Å². The lowest BCUT2D eigenvalue weighted by atomic mass is 10.1. The fraction of sp³-hybridized carbons (Fsp3) is 0.250. The van der Waals surface area contributed by atoms with Crippen molar-refractivity contribution in [1.29, 1.82) is 0 Å². The van der Waals surface area contributed by atoms with Gasteiger partial charge in [0, 0.05) is 5.56 Å². The van der Waals surface area contributed by atoms with Crippen LogP contribution in [0.3, 0.4) is 0 Å². The number of imidazole rings is 1. The number of nitrogens with one attached hydrogen (secondary N) is 3. The van der Waals surface area contributed by atoms with E-state index in [4.69, 9.17) is 4.74 Å². The monoisotopic (exact) mass is 366 g/mol. The molecule has 0 spiro atoms. The molecule has 7 heteroatoms. The van der Waals surface area contributed by atoms with Gasteiger partial charge in [0.25, 0.3) is 5.91 Å². The Kier molecular flexibility index (Phi) is 5.71. The van der Waals surface area contributed by atoms with E-state index in [0.29, 0.717) is 23.7 Å². The quantitative estimate of drug-likeness (QED) is 0.599. The number of aromatic amines is 1. The number of amides is 2. The molecule has 0 aliphatic rings. The third-order valence-corrected chi connectivity index (χ3v) is 4.18. The molecule has 0 saturated carbocycles. The maximum atomic E-state index is 12.6. The average molecular weight is 366 g/mol. The van der Waals surface area contributed by atoms with Crippen molar-refractivity contribution in [3.05, 3.63) is 54.1 Å². The molecule has 7 nitrogen and oxygen atoms in total. The predicted octanol–water partition coefficient (Wildman–Crippen LogP) is 3.11. The molecule has 27 heavy (non-hydrogen) atoms.